The number of rotatable bonds is 0. The molecule has 72 valence electrons. The average molecular weight is 180 g/mol. The van der Waals surface area contributed by atoms with E-state index in [9.17, 15) is 0 Å². The minimum Gasteiger partial charge on any atom is -0.469 e. The first-order chi connectivity index (χ1) is 6.43. The van der Waals surface area contributed by atoms with E-state index in [4.69, 9.17) is 9.47 Å². The van der Waals surface area contributed by atoms with E-state index in [0.717, 1.165) is 13.0 Å². The lowest BCUT2D eigenvalue weighted by atomic mass is 9.87. The standard InChI is InChI=1S/C11H16O2/c1-2-4-10-8(3-1)7-9-5-6-12-11(9)13-10/h9,11H,1-7H2. The lowest BCUT2D eigenvalue weighted by molar-refractivity contribution is -0.115. The second-order valence-corrected chi connectivity index (χ2v) is 4.34. The summed E-state index contributed by atoms with van der Waals surface area (Å²) in [6.45, 7) is 0.899. The Hall–Kier alpha value is -0.500. The molecule has 0 saturated carbocycles. The molecule has 0 radical (unpaired) electrons. The van der Waals surface area contributed by atoms with Gasteiger partial charge >= 0.3 is 0 Å². The zero-order chi connectivity index (χ0) is 8.67. The molecule has 1 fully saturated rings. The van der Waals surface area contributed by atoms with Crippen LogP contribution in [0.25, 0.3) is 0 Å². The lowest BCUT2D eigenvalue weighted by Crippen LogP contribution is -2.26. The first-order valence-corrected chi connectivity index (χ1v) is 5.42. The van der Waals surface area contributed by atoms with Crippen molar-refractivity contribution in [1.82, 2.24) is 0 Å². The number of hydrogen-bond donors (Lipinski definition) is 0. The highest BCUT2D eigenvalue weighted by atomic mass is 16.7. The first kappa shape index (κ1) is 7.86. The summed E-state index contributed by atoms with van der Waals surface area (Å²) in [5.74, 6) is 1.94. The topological polar surface area (TPSA) is 18.5 Å². The molecule has 1 aliphatic carbocycles. The van der Waals surface area contributed by atoms with Crippen LogP contribution in [-0.4, -0.2) is 12.9 Å². The number of fused-ring (bicyclic) bond motifs is 1. The second kappa shape index (κ2) is 3.02. The lowest BCUT2D eigenvalue weighted by Gasteiger charge is -2.32. The Morgan fingerprint density at radius 1 is 1.15 bits per heavy atom. The molecule has 2 heterocycles. The zero-order valence-electron chi connectivity index (χ0n) is 7.92. The Morgan fingerprint density at radius 3 is 3.08 bits per heavy atom. The van der Waals surface area contributed by atoms with Crippen molar-refractivity contribution in [3.63, 3.8) is 0 Å². The Kier molecular flexibility index (Phi) is 1.82. The fraction of sp³-hybridized carbons (Fsp3) is 0.818. The molecule has 3 aliphatic rings. The number of ether oxygens (including phenoxy) is 2. The van der Waals surface area contributed by atoms with Crippen LogP contribution < -0.4 is 0 Å². The first-order valence-electron chi connectivity index (χ1n) is 5.42. The third kappa shape index (κ3) is 1.28. The normalized spacial score (nSPS) is 38.2. The third-order valence-corrected chi connectivity index (χ3v) is 3.45. The highest BCUT2D eigenvalue weighted by Crippen LogP contribution is 2.40. The van der Waals surface area contributed by atoms with Crippen LogP contribution in [0.3, 0.4) is 0 Å². The average Bonchev–Trinajstić information content (AvgIpc) is 2.61. The Morgan fingerprint density at radius 2 is 2.08 bits per heavy atom. The van der Waals surface area contributed by atoms with E-state index < -0.39 is 0 Å². The second-order valence-electron chi connectivity index (χ2n) is 4.34. The predicted molar refractivity (Wildman–Crippen MR) is 49.0 cm³/mol. The molecule has 0 aromatic heterocycles. The number of hydrogen-bond acceptors (Lipinski definition) is 2. The van der Waals surface area contributed by atoms with Crippen LogP contribution in [0.15, 0.2) is 11.3 Å². The summed E-state index contributed by atoms with van der Waals surface area (Å²) in [6.07, 6.45) is 7.65. The van der Waals surface area contributed by atoms with Crippen LogP contribution in [0.5, 0.6) is 0 Å². The van der Waals surface area contributed by atoms with Crippen molar-refractivity contribution in [2.75, 3.05) is 6.61 Å². The van der Waals surface area contributed by atoms with Crippen LogP contribution in [0.2, 0.25) is 0 Å². The van der Waals surface area contributed by atoms with Crippen LogP contribution in [0, 0.1) is 5.92 Å². The van der Waals surface area contributed by atoms with Gasteiger partial charge in [0.15, 0.2) is 0 Å². The summed E-state index contributed by atoms with van der Waals surface area (Å²) in [5.41, 5.74) is 1.60. The maximum Gasteiger partial charge on any atom is 0.202 e. The van der Waals surface area contributed by atoms with Crippen LogP contribution in [0.1, 0.15) is 38.5 Å². The summed E-state index contributed by atoms with van der Waals surface area (Å²) < 4.78 is 11.4. The Bertz CT molecular complexity index is 220. The molecule has 13 heavy (non-hydrogen) atoms. The van der Waals surface area contributed by atoms with Gasteiger partial charge in [0, 0.05) is 12.3 Å². The van der Waals surface area contributed by atoms with E-state index in [2.05, 4.69) is 0 Å². The van der Waals surface area contributed by atoms with Crippen molar-refractivity contribution >= 4 is 0 Å². The van der Waals surface area contributed by atoms with Gasteiger partial charge in [-0.05, 0) is 37.7 Å². The van der Waals surface area contributed by atoms with Gasteiger partial charge in [-0.2, -0.15) is 0 Å². The van der Waals surface area contributed by atoms with Gasteiger partial charge in [0.2, 0.25) is 6.29 Å². The highest BCUT2D eigenvalue weighted by Gasteiger charge is 2.36. The van der Waals surface area contributed by atoms with Gasteiger partial charge < -0.3 is 9.47 Å². The van der Waals surface area contributed by atoms with Gasteiger partial charge in [-0.1, -0.05) is 0 Å². The van der Waals surface area contributed by atoms with Gasteiger partial charge in [0.1, 0.15) is 0 Å². The van der Waals surface area contributed by atoms with Gasteiger partial charge in [0.25, 0.3) is 0 Å². The van der Waals surface area contributed by atoms with E-state index in [1.807, 2.05) is 0 Å². The van der Waals surface area contributed by atoms with Crippen molar-refractivity contribution in [3.05, 3.63) is 11.3 Å². The fourth-order valence-corrected chi connectivity index (χ4v) is 2.69. The smallest absolute Gasteiger partial charge is 0.202 e. The predicted octanol–water partition coefficient (Wildman–Crippen LogP) is 2.60. The van der Waals surface area contributed by atoms with Crippen LogP contribution >= 0.6 is 0 Å². The van der Waals surface area contributed by atoms with E-state index in [1.165, 1.54) is 37.9 Å². The highest BCUT2D eigenvalue weighted by molar-refractivity contribution is 5.15. The summed E-state index contributed by atoms with van der Waals surface area (Å²) in [5, 5.41) is 0. The molecular formula is C11H16O2. The molecule has 0 N–H and O–H groups in total. The van der Waals surface area contributed by atoms with Gasteiger partial charge in [-0.15, -0.1) is 0 Å². The molecule has 1 saturated heterocycles. The molecule has 3 rings (SSSR count). The molecule has 2 unspecified atom stereocenters. The summed E-state index contributed by atoms with van der Waals surface area (Å²) >= 11 is 0. The molecule has 2 nitrogen and oxygen atoms in total. The molecule has 0 spiro atoms. The fourth-order valence-electron chi connectivity index (χ4n) is 2.69. The minimum absolute atomic E-state index is 0.108. The van der Waals surface area contributed by atoms with E-state index in [0.29, 0.717) is 5.92 Å². The monoisotopic (exact) mass is 180 g/mol. The Balaban J connectivity index is 1.83. The molecule has 2 aliphatic heterocycles. The van der Waals surface area contributed by atoms with E-state index in [-0.39, 0.29) is 6.29 Å². The molecule has 0 aromatic carbocycles. The number of allylic oxidation sites excluding steroid dienone is 2. The van der Waals surface area contributed by atoms with Crippen molar-refractivity contribution in [2.24, 2.45) is 5.92 Å². The van der Waals surface area contributed by atoms with Crippen molar-refractivity contribution < 1.29 is 9.47 Å². The molecular weight excluding hydrogens is 164 g/mol. The summed E-state index contributed by atoms with van der Waals surface area (Å²) in [6, 6.07) is 0. The maximum atomic E-state index is 5.87. The van der Waals surface area contributed by atoms with Crippen molar-refractivity contribution in [3.8, 4) is 0 Å². The maximum absolute atomic E-state index is 5.87. The molecule has 0 aromatic rings. The largest absolute Gasteiger partial charge is 0.469 e. The quantitative estimate of drug-likeness (QED) is 0.570. The van der Waals surface area contributed by atoms with E-state index in [1.54, 1.807) is 5.57 Å². The summed E-state index contributed by atoms with van der Waals surface area (Å²) in [4.78, 5) is 0. The van der Waals surface area contributed by atoms with Gasteiger partial charge in [0.05, 0.1) is 12.4 Å². The zero-order valence-corrected chi connectivity index (χ0v) is 7.92. The summed E-state index contributed by atoms with van der Waals surface area (Å²) in [7, 11) is 0. The Labute approximate surface area is 78.9 Å². The van der Waals surface area contributed by atoms with Gasteiger partial charge in [-0.25, -0.2) is 0 Å². The van der Waals surface area contributed by atoms with E-state index >= 15 is 0 Å². The van der Waals surface area contributed by atoms with Crippen LogP contribution in [-0.2, 0) is 9.47 Å². The molecule has 2 heteroatoms. The SMILES string of the molecule is C1CCC2=C(C1)CC1CCOC1O2. The van der Waals surface area contributed by atoms with Gasteiger partial charge in [-0.3, -0.25) is 0 Å². The minimum atomic E-state index is 0.108. The molecule has 0 bridgehead atoms. The molecule has 0 amide bonds. The van der Waals surface area contributed by atoms with Crippen molar-refractivity contribution in [1.29, 1.82) is 0 Å². The van der Waals surface area contributed by atoms with Crippen LogP contribution in [0.4, 0.5) is 0 Å². The third-order valence-electron chi connectivity index (χ3n) is 3.45. The van der Waals surface area contributed by atoms with Crippen molar-refractivity contribution in [2.45, 2.75) is 44.8 Å². The molecule has 2 atom stereocenters.